The molecule has 0 atom stereocenters. The van der Waals surface area contributed by atoms with Crippen LogP contribution in [0.2, 0.25) is 0 Å². The van der Waals surface area contributed by atoms with Crippen LogP contribution in [-0.2, 0) is 4.79 Å². The highest BCUT2D eigenvalue weighted by atomic mass is 32.2. The van der Waals surface area contributed by atoms with Gasteiger partial charge < -0.3 is 4.74 Å². The predicted octanol–water partition coefficient (Wildman–Crippen LogP) is 5.22. The number of benzene rings is 2. The number of nitriles is 1. The Kier molecular flexibility index (Phi) is 6.02. The lowest BCUT2D eigenvalue weighted by molar-refractivity contribution is -0.113. The zero-order valence-electron chi connectivity index (χ0n) is 14.6. The van der Waals surface area contributed by atoms with Crippen molar-refractivity contribution in [2.45, 2.75) is 19.8 Å². The second-order valence-electron chi connectivity index (χ2n) is 5.73. The highest BCUT2D eigenvalue weighted by Crippen LogP contribution is 2.35. The van der Waals surface area contributed by atoms with Crippen molar-refractivity contribution in [3.8, 4) is 11.8 Å². The third-order valence-electron chi connectivity index (χ3n) is 3.93. The number of carbonyl (C=O) groups excluding carboxylic acids is 1. The van der Waals surface area contributed by atoms with Crippen molar-refractivity contribution in [2.75, 3.05) is 12.9 Å². The van der Waals surface area contributed by atoms with Crippen LogP contribution in [0.25, 0.3) is 16.8 Å². The smallest absolute Gasteiger partial charge is 0.285 e. The van der Waals surface area contributed by atoms with E-state index in [0.29, 0.717) is 22.8 Å². The average Bonchev–Trinajstić information content (AvgIpc) is 3.01. The summed E-state index contributed by atoms with van der Waals surface area (Å²) in [5.74, 6) is 0.412. The molecule has 1 aliphatic heterocycles. The molecule has 4 nitrogen and oxygen atoms in total. The number of rotatable bonds is 5. The molecular formula is C20H18N2O2S2. The van der Waals surface area contributed by atoms with Crippen molar-refractivity contribution >= 4 is 50.7 Å². The molecule has 1 heterocycles. The highest BCUT2D eigenvalue weighted by Gasteiger charge is 2.21. The van der Waals surface area contributed by atoms with Gasteiger partial charge in [0.25, 0.3) is 5.91 Å². The first-order chi connectivity index (χ1) is 12.7. The Morgan fingerprint density at radius 3 is 2.85 bits per heavy atom. The van der Waals surface area contributed by atoms with Crippen LogP contribution in [0.5, 0.6) is 5.75 Å². The number of fused-ring (bicyclic) bond motifs is 1. The van der Waals surface area contributed by atoms with Crippen molar-refractivity contribution in [3.63, 3.8) is 0 Å². The Hall–Kier alpha value is -2.23. The number of hydrogen-bond acceptors (Lipinski definition) is 5. The summed E-state index contributed by atoms with van der Waals surface area (Å²) in [7, 11) is 0. The monoisotopic (exact) mass is 382 g/mol. The van der Waals surface area contributed by atoms with E-state index < -0.39 is 0 Å². The van der Waals surface area contributed by atoms with Crippen LogP contribution < -0.4 is 4.74 Å². The molecule has 0 fully saturated rings. The number of carbonyl (C=O) groups is 1. The van der Waals surface area contributed by atoms with Gasteiger partial charge in [0.2, 0.25) is 0 Å². The van der Waals surface area contributed by atoms with Crippen molar-refractivity contribution < 1.29 is 9.53 Å². The van der Waals surface area contributed by atoms with E-state index in [2.05, 4.69) is 18.0 Å². The zero-order valence-corrected chi connectivity index (χ0v) is 16.2. The number of amides is 1. The lowest BCUT2D eigenvalue weighted by Crippen LogP contribution is -1.99. The molecule has 0 saturated heterocycles. The molecule has 6 heteroatoms. The van der Waals surface area contributed by atoms with Crippen molar-refractivity contribution in [1.29, 1.82) is 5.26 Å². The molecule has 1 aliphatic rings. The van der Waals surface area contributed by atoms with Gasteiger partial charge in [0.1, 0.15) is 16.2 Å². The van der Waals surface area contributed by atoms with Crippen LogP contribution >= 0.6 is 23.5 Å². The Morgan fingerprint density at radius 1 is 1.35 bits per heavy atom. The minimum atomic E-state index is -0.204. The van der Waals surface area contributed by atoms with Gasteiger partial charge in [-0.2, -0.15) is 10.3 Å². The molecule has 0 bridgehead atoms. The zero-order chi connectivity index (χ0) is 18.5. The number of ether oxygens (including phenoxy) is 1. The largest absolute Gasteiger partial charge is 0.492 e. The fourth-order valence-corrected chi connectivity index (χ4v) is 4.01. The fourth-order valence-electron chi connectivity index (χ4n) is 2.59. The van der Waals surface area contributed by atoms with Gasteiger partial charge in [-0.25, -0.2) is 0 Å². The van der Waals surface area contributed by atoms with Gasteiger partial charge in [-0.3, -0.25) is 4.79 Å². The Labute approximate surface area is 161 Å². The lowest BCUT2D eigenvalue weighted by atomic mass is 10.0. The van der Waals surface area contributed by atoms with Crippen LogP contribution in [-0.4, -0.2) is 23.1 Å². The third-order valence-corrected chi connectivity index (χ3v) is 5.90. The second-order valence-corrected chi connectivity index (χ2v) is 7.82. The molecule has 2 aromatic rings. The molecule has 3 rings (SSSR count). The van der Waals surface area contributed by atoms with Crippen LogP contribution in [0.3, 0.4) is 0 Å². The van der Waals surface area contributed by atoms with Gasteiger partial charge in [-0.05, 0) is 41.8 Å². The van der Waals surface area contributed by atoms with Gasteiger partial charge in [-0.1, -0.05) is 43.3 Å². The first kappa shape index (κ1) is 18.6. The SMILES string of the molecule is CCCCOc1c(C#N)ccc2ccc(C=C3SC(SC)=NC3=O)cc12. The summed E-state index contributed by atoms with van der Waals surface area (Å²) in [6, 6.07) is 11.8. The number of unbranched alkanes of at least 4 members (excludes halogenated alkanes) is 1. The summed E-state index contributed by atoms with van der Waals surface area (Å²) in [6.07, 6.45) is 5.71. The molecule has 132 valence electrons. The van der Waals surface area contributed by atoms with E-state index in [4.69, 9.17) is 4.74 Å². The normalized spacial score (nSPS) is 15.3. The summed E-state index contributed by atoms with van der Waals surface area (Å²) in [5.41, 5.74) is 1.42. The second kappa shape index (κ2) is 8.43. The maximum atomic E-state index is 12.0. The molecular weight excluding hydrogens is 364 g/mol. The maximum absolute atomic E-state index is 12.0. The van der Waals surface area contributed by atoms with Gasteiger partial charge in [0.05, 0.1) is 17.1 Å². The van der Waals surface area contributed by atoms with E-state index in [1.165, 1.54) is 23.5 Å². The van der Waals surface area contributed by atoms with E-state index in [1.54, 1.807) is 6.07 Å². The predicted molar refractivity (Wildman–Crippen MR) is 111 cm³/mol. The number of nitrogens with zero attached hydrogens (tertiary/aromatic N) is 2. The molecule has 0 aromatic heterocycles. The topological polar surface area (TPSA) is 62.4 Å². The van der Waals surface area contributed by atoms with Crippen LogP contribution in [0.15, 0.2) is 40.2 Å². The lowest BCUT2D eigenvalue weighted by Gasteiger charge is -2.11. The molecule has 26 heavy (non-hydrogen) atoms. The number of hydrogen-bond donors (Lipinski definition) is 0. The maximum Gasteiger partial charge on any atom is 0.285 e. The van der Waals surface area contributed by atoms with Crippen molar-refractivity contribution in [3.05, 3.63) is 46.4 Å². The standard InChI is InChI=1S/C20H18N2O2S2/c1-3-4-9-24-18-15(12-21)8-7-14-6-5-13(10-16(14)18)11-17-19(23)22-20(25-2)26-17/h5-8,10-11H,3-4,9H2,1-2H3. The van der Waals surface area contributed by atoms with Gasteiger partial charge in [0.15, 0.2) is 0 Å². The Bertz CT molecular complexity index is 958. The van der Waals surface area contributed by atoms with E-state index in [9.17, 15) is 10.1 Å². The first-order valence-corrected chi connectivity index (χ1v) is 10.4. The number of aliphatic imine (C=N–C) groups is 1. The van der Waals surface area contributed by atoms with Crippen LogP contribution in [0, 0.1) is 11.3 Å². The fraction of sp³-hybridized carbons (Fsp3) is 0.250. The van der Waals surface area contributed by atoms with Gasteiger partial charge in [0, 0.05) is 5.39 Å². The van der Waals surface area contributed by atoms with E-state index in [1.807, 2.05) is 36.6 Å². The summed E-state index contributed by atoms with van der Waals surface area (Å²) in [6.45, 7) is 2.68. The molecule has 0 radical (unpaired) electrons. The minimum Gasteiger partial charge on any atom is -0.492 e. The molecule has 0 saturated carbocycles. The molecule has 2 aromatic carbocycles. The van der Waals surface area contributed by atoms with Gasteiger partial charge >= 0.3 is 0 Å². The summed E-state index contributed by atoms with van der Waals surface area (Å²) in [5, 5.41) is 11.3. The Balaban J connectivity index is 2.00. The van der Waals surface area contributed by atoms with E-state index in [0.717, 1.165) is 33.6 Å². The van der Waals surface area contributed by atoms with E-state index >= 15 is 0 Å². The van der Waals surface area contributed by atoms with Gasteiger partial charge in [-0.15, -0.1) is 11.8 Å². The Morgan fingerprint density at radius 2 is 2.15 bits per heavy atom. The summed E-state index contributed by atoms with van der Waals surface area (Å²) < 4.78 is 6.68. The quantitative estimate of drug-likeness (QED) is 0.524. The summed E-state index contributed by atoms with van der Waals surface area (Å²) in [4.78, 5) is 16.6. The van der Waals surface area contributed by atoms with E-state index in [-0.39, 0.29) is 5.91 Å². The van der Waals surface area contributed by atoms with Crippen LogP contribution in [0.1, 0.15) is 30.9 Å². The molecule has 0 unspecified atom stereocenters. The highest BCUT2D eigenvalue weighted by molar-refractivity contribution is 8.40. The van der Waals surface area contributed by atoms with Crippen molar-refractivity contribution in [1.82, 2.24) is 0 Å². The first-order valence-electron chi connectivity index (χ1n) is 8.32. The molecule has 0 aliphatic carbocycles. The summed E-state index contributed by atoms with van der Waals surface area (Å²) >= 11 is 2.86. The minimum absolute atomic E-state index is 0.204. The number of thioether (sulfide) groups is 2. The third kappa shape index (κ3) is 3.95. The molecule has 0 N–H and O–H groups in total. The molecule has 0 spiro atoms. The average molecular weight is 383 g/mol. The molecule has 1 amide bonds. The van der Waals surface area contributed by atoms with Crippen molar-refractivity contribution in [2.24, 2.45) is 4.99 Å². The van der Waals surface area contributed by atoms with Crippen LogP contribution in [0.4, 0.5) is 0 Å².